The highest BCUT2D eigenvalue weighted by Crippen LogP contribution is 2.29. The van der Waals surface area contributed by atoms with E-state index in [-0.39, 0.29) is 12.3 Å². The van der Waals surface area contributed by atoms with Crippen LogP contribution in [0.1, 0.15) is 16.7 Å². The highest BCUT2D eigenvalue weighted by molar-refractivity contribution is 5.94. The Labute approximate surface area is 178 Å². The van der Waals surface area contributed by atoms with Crippen LogP contribution in [0.15, 0.2) is 48.8 Å². The Morgan fingerprint density at radius 2 is 2.06 bits per heavy atom. The van der Waals surface area contributed by atoms with E-state index in [1.54, 1.807) is 31.3 Å². The van der Waals surface area contributed by atoms with E-state index in [4.69, 9.17) is 4.89 Å². The topological polar surface area (TPSA) is 106 Å². The van der Waals surface area contributed by atoms with Gasteiger partial charge in [0.05, 0.1) is 24.8 Å². The molecule has 160 valence electrons. The van der Waals surface area contributed by atoms with Crippen LogP contribution in [0.5, 0.6) is 0 Å². The maximum Gasteiger partial charge on any atom is 0.330 e. The zero-order valence-electron chi connectivity index (χ0n) is 17.3. The number of hydrogen-bond acceptors (Lipinski definition) is 7. The summed E-state index contributed by atoms with van der Waals surface area (Å²) >= 11 is 0. The molecule has 0 radical (unpaired) electrons. The van der Waals surface area contributed by atoms with Crippen LogP contribution in [0, 0.1) is 17.0 Å². The van der Waals surface area contributed by atoms with E-state index in [1.807, 2.05) is 22.9 Å². The number of hydrogen-bond donors (Lipinski definition) is 0. The van der Waals surface area contributed by atoms with Crippen LogP contribution in [-0.4, -0.2) is 41.3 Å². The van der Waals surface area contributed by atoms with Crippen molar-refractivity contribution in [2.24, 2.45) is 0 Å². The average Bonchev–Trinajstić information content (AvgIpc) is 3.12. The molecule has 3 rings (SSSR count). The van der Waals surface area contributed by atoms with Gasteiger partial charge in [-0.25, -0.2) is 19.6 Å². The van der Waals surface area contributed by atoms with Crippen molar-refractivity contribution < 1.29 is 24.2 Å². The summed E-state index contributed by atoms with van der Waals surface area (Å²) in [7, 11) is 2.74. The van der Waals surface area contributed by atoms with Gasteiger partial charge in [0.2, 0.25) is 0 Å². The predicted octanol–water partition coefficient (Wildman–Crippen LogP) is 4.02. The Kier molecular flexibility index (Phi) is 6.91. The lowest BCUT2D eigenvalue weighted by molar-refractivity contribution is -0.384. The van der Waals surface area contributed by atoms with Crippen molar-refractivity contribution >= 4 is 34.8 Å². The van der Waals surface area contributed by atoms with Gasteiger partial charge in [0.1, 0.15) is 12.3 Å². The number of esters is 1. The van der Waals surface area contributed by atoms with E-state index in [9.17, 15) is 14.9 Å². The zero-order chi connectivity index (χ0) is 22.4. The van der Waals surface area contributed by atoms with Gasteiger partial charge in [-0.3, -0.25) is 10.1 Å². The molecule has 9 nitrogen and oxygen atoms in total. The van der Waals surface area contributed by atoms with Gasteiger partial charge < -0.3 is 9.30 Å². The Morgan fingerprint density at radius 3 is 2.74 bits per heavy atom. The van der Waals surface area contributed by atoms with Gasteiger partial charge in [-0.05, 0) is 36.3 Å². The Morgan fingerprint density at radius 1 is 1.26 bits per heavy atom. The van der Waals surface area contributed by atoms with Gasteiger partial charge in [0.25, 0.3) is 5.69 Å². The van der Waals surface area contributed by atoms with Crippen molar-refractivity contribution in [1.29, 1.82) is 0 Å². The molecule has 0 saturated carbocycles. The fourth-order valence-electron chi connectivity index (χ4n) is 3.10. The number of methoxy groups -OCH3 is 1. The predicted molar refractivity (Wildman–Crippen MR) is 116 cm³/mol. The van der Waals surface area contributed by atoms with Crippen LogP contribution < -0.4 is 0 Å². The number of carbonyl (C=O) groups excluding carboxylic acids is 1. The molecule has 9 heteroatoms. The molecule has 0 unspecified atom stereocenters. The molecule has 0 spiro atoms. The summed E-state index contributed by atoms with van der Waals surface area (Å²) in [4.78, 5) is 36.2. The molecular weight excluding hydrogens is 402 g/mol. The molecule has 2 heterocycles. The van der Waals surface area contributed by atoms with Crippen molar-refractivity contribution in [2.45, 2.75) is 6.92 Å². The third-order valence-electron chi connectivity index (χ3n) is 4.54. The van der Waals surface area contributed by atoms with E-state index in [0.717, 1.165) is 27.8 Å². The third-order valence-corrected chi connectivity index (χ3v) is 4.54. The van der Waals surface area contributed by atoms with Crippen LogP contribution in [-0.2, 0) is 19.3 Å². The quantitative estimate of drug-likeness (QED) is 0.135. The van der Waals surface area contributed by atoms with Crippen molar-refractivity contribution in [2.75, 3.05) is 20.8 Å². The van der Waals surface area contributed by atoms with E-state index in [2.05, 4.69) is 14.6 Å². The molecule has 0 N–H and O–H groups in total. The van der Waals surface area contributed by atoms with E-state index in [0.29, 0.717) is 5.65 Å². The van der Waals surface area contributed by atoms with Crippen LogP contribution in [0.3, 0.4) is 0 Å². The fourth-order valence-corrected chi connectivity index (χ4v) is 3.10. The smallest absolute Gasteiger partial charge is 0.330 e. The molecule has 0 aliphatic heterocycles. The number of non-ortho nitro benzene ring substituents is 1. The second-order valence-electron chi connectivity index (χ2n) is 6.53. The minimum atomic E-state index is -0.479. The Bertz CT molecular complexity index is 1180. The first kappa shape index (κ1) is 21.9. The lowest BCUT2D eigenvalue weighted by Gasteiger charge is -2.08. The molecule has 0 atom stereocenters. The molecular formula is C22H21N3O6. The molecule has 0 fully saturated rings. The van der Waals surface area contributed by atoms with Gasteiger partial charge >= 0.3 is 5.97 Å². The number of nitrogens with zero attached hydrogens (tertiary/aromatic N) is 3. The number of fused-ring (bicyclic) bond motifs is 1. The number of nitro groups is 1. The molecule has 0 aliphatic carbocycles. The SMILES string of the molecule is COOC/C=C/c1cnc2c(c1)c(/C=C/C(=O)OC)cn2-c1ccc([N+](=O)[O-])cc1C. The van der Waals surface area contributed by atoms with Crippen LogP contribution in [0.2, 0.25) is 0 Å². The number of pyridine rings is 1. The first-order valence-corrected chi connectivity index (χ1v) is 9.29. The summed E-state index contributed by atoms with van der Waals surface area (Å²) in [5.74, 6) is -0.479. The molecule has 3 aromatic rings. The maximum absolute atomic E-state index is 11.6. The summed E-state index contributed by atoms with van der Waals surface area (Å²) < 4.78 is 6.52. The minimum absolute atomic E-state index is 0.0159. The number of benzene rings is 1. The second kappa shape index (κ2) is 9.79. The Hall–Kier alpha value is -3.82. The lowest BCUT2D eigenvalue weighted by Crippen LogP contribution is -1.98. The monoisotopic (exact) mass is 423 g/mol. The summed E-state index contributed by atoms with van der Waals surface area (Å²) in [5, 5.41) is 11.9. The average molecular weight is 423 g/mol. The van der Waals surface area contributed by atoms with Crippen molar-refractivity contribution in [3.8, 4) is 5.69 Å². The second-order valence-corrected chi connectivity index (χ2v) is 6.53. The summed E-state index contributed by atoms with van der Waals surface area (Å²) in [6.45, 7) is 2.08. The molecule has 0 bridgehead atoms. The van der Waals surface area contributed by atoms with E-state index >= 15 is 0 Å². The van der Waals surface area contributed by atoms with Gasteiger partial charge in [-0.1, -0.05) is 12.2 Å². The van der Waals surface area contributed by atoms with Crippen LogP contribution in [0.25, 0.3) is 28.9 Å². The van der Waals surface area contributed by atoms with E-state index < -0.39 is 10.9 Å². The highest BCUT2D eigenvalue weighted by atomic mass is 17.2. The summed E-state index contributed by atoms with van der Waals surface area (Å²) in [6, 6.07) is 6.57. The zero-order valence-corrected chi connectivity index (χ0v) is 17.3. The van der Waals surface area contributed by atoms with Crippen molar-refractivity contribution in [3.63, 3.8) is 0 Å². The molecule has 0 aliphatic rings. The molecule has 31 heavy (non-hydrogen) atoms. The lowest BCUT2D eigenvalue weighted by atomic mass is 10.1. The summed E-state index contributed by atoms with van der Waals surface area (Å²) in [6.07, 6.45) is 10.1. The number of aryl methyl sites for hydroxylation is 1. The van der Waals surface area contributed by atoms with Gasteiger partial charge in [-0.2, -0.15) is 0 Å². The number of aromatic nitrogens is 2. The van der Waals surface area contributed by atoms with E-state index in [1.165, 1.54) is 32.4 Å². The number of carbonyl (C=O) groups is 1. The number of ether oxygens (including phenoxy) is 1. The highest BCUT2D eigenvalue weighted by Gasteiger charge is 2.14. The van der Waals surface area contributed by atoms with Crippen LogP contribution in [0.4, 0.5) is 5.69 Å². The first-order chi connectivity index (χ1) is 14.9. The van der Waals surface area contributed by atoms with Gasteiger partial charge in [0.15, 0.2) is 0 Å². The minimum Gasteiger partial charge on any atom is -0.466 e. The fraction of sp³-hybridized carbons (Fsp3) is 0.182. The standard InChI is InChI=1S/C22H21N3O6/c1-15-11-18(25(27)28)7-8-20(15)24-14-17(6-9-21(26)29-2)19-12-16(13-23-22(19)24)5-4-10-31-30-3/h4-9,11-14H,10H2,1-3H3/b5-4+,9-6+. The number of rotatable bonds is 8. The molecule has 1 aromatic carbocycles. The van der Waals surface area contributed by atoms with Gasteiger partial charge in [-0.15, -0.1) is 0 Å². The maximum atomic E-state index is 11.6. The largest absolute Gasteiger partial charge is 0.466 e. The molecule has 0 amide bonds. The van der Waals surface area contributed by atoms with Gasteiger partial charge in [0, 0.05) is 41.6 Å². The normalized spacial score (nSPS) is 11.6. The third kappa shape index (κ3) is 5.03. The summed E-state index contributed by atoms with van der Waals surface area (Å²) in [5.41, 5.74) is 3.70. The van der Waals surface area contributed by atoms with Crippen molar-refractivity contribution in [3.05, 3.63) is 75.6 Å². The first-order valence-electron chi connectivity index (χ1n) is 9.29. The molecule has 2 aromatic heterocycles. The van der Waals surface area contributed by atoms with Crippen LogP contribution >= 0.6 is 0 Å². The van der Waals surface area contributed by atoms with Crippen molar-refractivity contribution in [1.82, 2.24) is 9.55 Å². The Balaban J connectivity index is 2.12. The number of nitro benzene ring substituents is 1. The molecule has 0 saturated heterocycles.